The van der Waals surface area contributed by atoms with Crippen LogP contribution < -0.4 is 5.73 Å². The van der Waals surface area contributed by atoms with Crippen LogP contribution in [-0.2, 0) is 17.8 Å². The van der Waals surface area contributed by atoms with Crippen LogP contribution in [0.25, 0.3) is 0 Å². The molecule has 16 heavy (non-hydrogen) atoms. The van der Waals surface area contributed by atoms with Gasteiger partial charge in [0.15, 0.2) is 0 Å². The Morgan fingerprint density at radius 3 is 2.94 bits per heavy atom. The fourth-order valence-corrected chi connectivity index (χ4v) is 1.46. The smallest absolute Gasteiger partial charge is 0.323 e. The predicted octanol–water partition coefficient (Wildman–Crippen LogP) is 1.03. The summed E-state index contributed by atoms with van der Waals surface area (Å²) in [4.78, 5) is 15.1. The molecule has 3 N–H and O–H groups in total. The lowest BCUT2D eigenvalue weighted by Crippen LogP contribution is -2.45. The number of carboxylic acids is 1. The van der Waals surface area contributed by atoms with Crippen molar-refractivity contribution >= 4 is 5.97 Å². The summed E-state index contributed by atoms with van der Waals surface area (Å²) in [6, 6.07) is 0. The summed E-state index contributed by atoms with van der Waals surface area (Å²) in [6.45, 7) is 4.21. The number of carbonyl (C=O) groups is 1. The minimum atomic E-state index is -1.17. The zero-order valence-electron chi connectivity index (χ0n) is 9.81. The number of hydrogen-bond donors (Lipinski definition) is 2. The minimum Gasteiger partial charge on any atom is -0.480 e. The zero-order chi connectivity index (χ0) is 12.2. The van der Waals surface area contributed by atoms with Gasteiger partial charge in [-0.3, -0.25) is 4.79 Å². The maximum absolute atomic E-state index is 10.8. The molecule has 0 bridgehead atoms. The third-order valence-corrected chi connectivity index (χ3v) is 2.64. The first kappa shape index (κ1) is 12.7. The van der Waals surface area contributed by atoms with Gasteiger partial charge in [-0.05, 0) is 19.8 Å². The number of aryl methyl sites for hydroxylation is 2. The Morgan fingerprint density at radius 2 is 2.38 bits per heavy atom. The molecule has 0 spiro atoms. The van der Waals surface area contributed by atoms with Crippen molar-refractivity contribution in [1.29, 1.82) is 0 Å². The number of carboxylic acid groups (broad SMARTS) is 1. The van der Waals surface area contributed by atoms with Crippen molar-refractivity contribution in [2.75, 3.05) is 0 Å². The van der Waals surface area contributed by atoms with E-state index in [1.807, 2.05) is 10.8 Å². The molecule has 1 atom stereocenters. The van der Waals surface area contributed by atoms with Crippen LogP contribution in [0.5, 0.6) is 0 Å². The molecule has 5 heteroatoms. The second-order valence-electron chi connectivity index (χ2n) is 4.26. The average molecular weight is 225 g/mol. The summed E-state index contributed by atoms with van der Waals surface area (Å²) < 4.78 is 1.97. The molecule has 0 aliphatic carbocycles. The van der Waals surface area contributed by atoms with Gasteiger partial charge in [0.05, 0.1) is 0 Å². The highest BCUT2D eigenvalue weighted by atomic mass is 16.4. The van der Waals surface area contributed by atoms with Crippen LogP contribution >= 0.6 is 0 Å². The summed E-state index contributed by atoms with van der Waals surface area (Å²) in [6.07, 6.45) is 5.93. The van der Waals surface area contributed by atoms with Crippen LogP contribution in [0, 0.1) is 0 Å². The highest BCUT2D eigenvalue weighted by Crippen LogP contribution is 2.10. The zero-order valence-corrected chi connectivity index (χ0v) is 9.81. The molecule has 0 fully saturated rings. The standard InChI is InChI=1S/C11H19N3O2/c1-3-4-9-13-6-8-14(9)7-5-11(2,12)10(15)16/h6,8H,3-5,7,12H2,1-2H3,(H,15,16). The largest absolute Gasteiger partial charge is 0.480 e. The molecule has 0 radical (unpaired) electrons. The van der Waals surface area contributed by atoms with E-state index >= 15 is 0 Å². The maximum Gasteiger partial charge on any atom is 0.323 e. The molecule has 1 unspecified atom stereocenters. The van der Waals surface area contributed by atoms with Gasteiger partial charge in [0.1, 0.15) is 11.4 Å². The third kappa shape index (κ3) is 3.06. The Bertz CT molecular complexity index is 358. The van der Waals surface area contributed by atoms with Gasteiger partial charge < -0.3 is 15.4 Å². The van der Waals surface area contributed by atoms with Crippen LogP contribution in [0.2, 0.25) is 0 Å². The van der Waals surface area contributed by atoms with E-state index in [0.717, 1.165) is 18.7 Å². The van der Waals surface area contributed by atoms with Crippen molar-refractivity contribution in [3.63, 3.8) is 0 Å². The van der Waals surface area contributed by atoms with E-state index in [1.165, 1.54) is 6.92 Å². The lowest BCUT2D eigenvalue weighted by atomic mass is 10.00. The molecule has 0 aliphatic heterocycles. The molecule has 0 saturated heterocycles. The summed E-state index contributed by atoms with van der Waals surface area (Å²) in [7, 11) is 0. The van der Waals surface area contributed by atoms with Crippen molar-refractivity contribution in [2.45, 2.75) is 45.2 Å². The number of rotatable bonds is 6. The lowest BCUT2D eigenvalue weighted by Gasteiger charge is -2.19. The van der Waals surface area contributed by atoms with Crippen molar-refractivity contribution < 1.29 is 9.90 Å². The van der Waals surface area contributed by atoms with Gasteiger partial charge in [-0.15, -0.1) is 0 Å². The highest BCUT2D eigenvalue weighted by molar-refractivity contribution is 5.77. The van der Waals surface area contributed by atoms with Gasteiger partial charge >= 0.3 is 5.97 Å². The predicted molar refractivity (Wildman–Crippen MR) is 61.1 cm³/mol. The maximum atomic E-state index is 10.8. The van der Waals surface area contributed by atoms with Crippen LogP contribution in [0.1, 0.15) is 32.5 Å². The van der Waals surface area contributed by atoms with Crippen molar-refractivity contribution in [3.8, 4) is 0 Å². The quantitative estimate of drug-likeness (QED) is 0.757. The van der Waals surface area contributed by atoms with E-state index in [0.29, 0.717) is 13.0 Å². The Balaban J connectivity index is 2.60. The molecular formula is C11H19N3O2. The van der Waals surface area contributed by atoms with E-state index in [9.17, 15) is 4.79 Å². The van der Waals surface area contributed by atoms with E-state index in [1.54, 1.807) is 6.20 Å². The fourth-order valence-electron chi connectivity index (χ4n) is 1.46. The lowest BCUT2D eigenvalue weighted by molar-refractivity contribution is -0.143. The van der Waals surface area contributed by atoms with E-state index < -0.39 is 11.5 Å². The van der Waals surface area contributed by atoms with Gasteiger partial charge in [-0.1, -0.05) is 6.92 Å². The molecule has 0 amide bonds. The minimum absolute atomic E-state index is 0.398. The summed E-state index contributed by atoms with van der Waals surface area (Å²) >= 11 is 0. The number of hydrogen-bond acceptors (Lipinski definition) is 3. The van der Waals surface area contributed by atoms with E-state index in [4.69, 9.17) is 10.8 Å². The molecule has 1 aromatic rings. The fraction of sp³-hybridized carbons (Fsp3) is 0.636. The highest BCUT2D eigenvalue weighted by Gasteiger charge is 2.27. The first-order valence-electron chi connectivity index (χ1n) is 5.49. The Labute approximate surface area is 95.3 Å². The van der Waals surface area contributed by atoms with Crippen molar-refractivity contribution in [2.24, 2.45) is 5.73 Å². The van der Waals surface area contributed by atoms with Crippen molar-refractivity contribution in [1.82, 2.24) is 9.55 Å². The van der Waals surface area contributed by atoms with Crippen molar-refractivity contribution in [3.05, 3.63) is 18.2 Å². The first-order chi connectivity index (χ1) is 7.47. The van der Waals surface area contributed by atoms with E-state index in [2.05, 4.69) is 11.9 Å². The monoisotopic (exact) mass is 225 g/mol. The SMILES string of the molecule is CCCc1nccn1CCC(C)(N)C(=O)O. The van der Waals surface area contributed by atoms with Gasteiger partial charge in [-0.25, -0.2) is 4.98 Å². The Kier molecular flexibility index (Phi) is 4.06. The van der Waals surface area contributed by atoms with Crippen LogP contribution in [-0.4, -0.2) is 26.2 Å². The Hall–Kier alpha value is -1.36. The van der Waals surface area contributed by atoms with Gasteiger partial charge in [0.2, 0.25) is 0 Å². The number of aromatic nitrogens is 2. The molecule has 0 aliphatic rings. The summed E-state index contributed by atoms with van der Waals surface area (Å²) in [5.74, 6) is 0.0216. The third-order valence-electron chi connectivity index (χ3n) is 2.64. The molecule has 1 aromatic heterocycles. The number of aliphatic carboxylic acids is 1. The molecule has 90 valence electrons. The molecule has 0 saturated carbocycles. The number of nitrogens with two attached hydrogens (primary N) is 1. The second kappa shape index (κ2) is 5.12. The topological polar surface area (TPSA) is 81.1 Å². The molecule has 1 rings (SSSR count). The number of nitrogens with zero attached hydrogens (tertiary/aromatic N) is 2. The summed E-state index contributed by atoms with van der Waals surface area (Å²) in [5.41, 5.74) is 4.49. The normalized spacial score (nSPS) is 14.7. The second-order valence-corrected chi connectivity index (χ2v) is 4.26. The summed E-state index contributed by atoms with van der Waals surface area (Å²) in [5, 5.41) is 8.89. The first-order valence-corrected chi connectivity index (χ1v) is 5.49. The van der Waals surface area contributed by atoms with Crippen LogP contribution in [0.15, 0.2) is 12.4 Å². The van der Waals surface area contributed by atoms with Gasteiger partial charge in [-0.2, -0.15) is 0 Å². The molecule has 5 nitrogen and oxygen atoms in total. The molecular weight excluding hydrogens is 206 g/mol. The Morgan fingerprint density at radius 1 is 1.69 bits per heavy atom. The van der Waals surface area contributed by atoms with Gasteiger partial charge in [0.25, 0.3) is 0 Å². The van der Waals surface area contributed by atoms with Crippen LogP contribution in [0.3, 0.4) is 0 Å². The van der Waals surface area contributed by atoms with Gasteiger partial charge in [0, 0.05) is 25.4 Å². The van der Waals surface area contributed by atoms with Crippen LogP contribution in [0.4, 0.5) is 0 Å². The average Bonchev–Trinajstić information content (AvgIpc) is 2.63. The number of imidazole rings is 1. The van der Waals surface area contributed by atoms with E-state index in [-0.39, 0.29) is 0 Å². The molecule has 0 aromatic carbocycles. The molecule has 1 heterocycles.